The van der Waals surface area contributed by atoms with Gasteiger partial charge in [0.25, 0.3) is 11.8 Å². The van der Waals surface area contributed by atoms with E-state index >= 15 is 0 Å². The summed E-state index contributed by atoms with van der Waals surface area (Å²) in [5, 5.41) is 0.802. The minimum atomic E-state index is -4.45. The molecule has 5 nitrogen and oxygen atoms in total. The molecule has 4 rings (SSSR count). The highest BCUT2D eigenvalue weighted by molar-refractivity contribution is 6.08. The SMILES string of the molecule is C[C@@H]1C(=O)N(NC(=O)Cc2ccc(C(F)(F)F)cc2)C(=O)[C@]1(C)C1C=CCC2CC21. The zero-order chi connectivity index (χ0) is 21.8. The van der Waals surface area contributed by atoms with Crippen LogP contribution in [0.1, 0.15) is 37.8 Å². The standard InChI is InChI=1S/C22H23F3N2O3/c1-12-19(29)27(20(30)21(12,2)17-5-3-4-14-11-16(14)17)26-18(28)10-13-6-8-15(9-7-13)22(23,24)25/h3,5-9,12,14,16-17H,4,10-11H2,1-2H3,(H,26,28)/t12-,14?,16?,17?,21+/m1/s1. The van der Waals surface area contributed by atoms with Gasteiger partial charge in [-0.2, -0.15) is 18.2 Å². The van der Waals surface area contributed by atoms with Gasteiger partial charge >= 0.3 is 6.18 Å². The van der Waals surface area contributed by atoms with Gasteiger partial charge < -0.3 is 0 Å². The van der Waals surface area contributed by atoms with E-state index < -0.39 is 40.8 Å². The lowest BCUT2D eigenvalue weighted by molar-refractivity contribution is -0.150. The summed E-state index contributed by atoms with van der Waals surface area (Å²) in [6.45, 7) is 3.50. The Balaban J connectivity index is 1.46. The van der Waals surface area contributed by atoms with Crippen LogP contribution < -0.4 is 5.43 Å². The normalized spacial score (nSPS) is 32.9. The van der Waals surface area contributed by atoms with Crippen LogP contribution in [0.4, 0.5) is 13.2 Å². The van der Waals surface area contributed by atoms with E-state index in [0.29, 0.717) is 17.4 Å². The van der Waals surface area contributed by atoms with E-state index in [0.717, 1.165) is 30.0 Å². The van der Waals surface area contributed by atoms with Crippen molar-refractivity contribution in [2.45, 2.75) is 39.3 Å². The summed E-state index contributed by atoms with van der Waals surface area (Å²) >= 11 is 0. The molecule has 3 unspecified atom stereocenters. The lowest BCUT2D eigenvalue weighted by Gasteiger charge is -2.34. The van der Waals surface area contributed by atoms with Crippen LogP contribution in [-0.4, -0.2) is 22.7 Å². The summed E-state index contributed by atoms with van der Waals surface area (Å²) in [5.74, 6) is -1.18. The van der Waals surface area contributed by atoms with Crippen LogP contribution >= 0.6 is 0 Å². The van der Waals surface area contributed by atoms with E-state index in [9.17, 15) is 27.6 Å². The summed E-state index contributed by atoms with van der Waals surface area (Å²) in [4.78, 5) is 38.4. The van der Waals surface area contributed by atoms with Gasteiger partial charge in [0.2, 0.25) is 5.91 Å². The predicted octanol–water partition coefficient (Wildman–Crippen LogP) is 3.50. The van der Waals surface area contributed by atoms with Crippen LogP contribution in [0.2, 0.25) is 0 Å². The molecule has 1 saturated carbocycles. The fourth-order valence-electron chi connectivity index (χ4n) is 4.84. The maximum absolute atomic E-state index is 13.2. The number of halogens is 3. The summed E-state index contributed by atoms with van der Waals surface area (Å²) in [6, 6.07) is 4.22. The molecule has 30 heavy (non-hydrogen) atoms. The van der Waals surface area contributed by atoms with Crippen LogP contribution in [0.3, 0.4) is 0 Å². The van der Waals surface area contributed by atoms with Gasteiger partial charge in [0, 0.05) is 0 Å². The zero-order valence-electron chi connectivity index (χ0n) is 16.7. The molecule has 2 aliphatic carbocycles. The number of alkyl halides is 3. The fourth-order valence-corrected chi connectivity index (χ4v) is 4.84. The lowest BCUT2D eigenvalue weighted by Crippen LogP contribution is -2.49. The molecule has 8 heteroatoms. The molecule has 3 amide bonds. The molecule has 2 fully saturated rings. The van der Waals surface area contributed by atoms with E-state index in [1.807, 2.05) is 6.08 Å². The van der Waals surface area contributed by atoms with Crippen molar-refractivity contribution in [1.82, 2.24) is 10.4 Å². The highest BCUT2D eigenvalue weighted by Crippen LogP contribution is 2.59. The first-order valence-corrected chi connectivity index (χ1v) is 10.0. The first-order chi connectivity index (χ1) is 14.0. The van der Waals surface area contributed by atoms with Gasteiger partial charge in [0.1, 0.15) is 0 Å². The van der Waals surface area contributed by atoms with Gasteiger partial charge in [-0.1, -0.05) is 31.2 Å². The van der Waals surface area contributed by atoms with Gasteiger partial charge in [0.15, 0.2) is 0 Å². The number of allylic oxidation sites excluding steroid dienone is 2. The Bertz CT molecular complexity index is 925. The maximum atomic E-state index is 13.2. The first-order valence-electron chi connectivity index (χ1n) is 10.0. The highest BCUT2D eigenvalue weighted by Gasteiger charge is 2.62. The average molecular weight is 420 g/mol. The Morgan fingerprint density at radius 1 is 1.23 bits per heavy atom. The van der Waals surface area contributed by atoms with Crippen molar-refractivity contribution in [1.29, 1.82) is 0 Å². The number of amides is 3. The van der Waals surface area contributed by atoms with Gasteiger partial charge in [-0.25, -0.2) is 0 Å². The molecule has 0 spiro atoms. The molecular weight excluding hydrogens is 397 g/mol. The van der Waals surface area contributed by atoms with Crippen molar-refractivity contribution >= 4 is 17.7 Å². The third-order valence-electron chi connectivity index (χ3n) is 6.95. The largest absolute Gasteiger partial charge is 0.416 e. The van der Waals surface area contributed by atoms with Crippen molar-refractivity contribution < 1.29 is 27.6 Å². The van der Waals surface area contributed by atoms with Crippen molar-refractivity contribution in [3.05, 3.63) is 47.5 Å². The Labute approximate surface area is 172 Å². The monoisotopic (exact) mass is 420 g/mol. The highest BCUT2D eigenvalue weighted by atomic mass is 19.4. The number of nitrogens with one attached hydrogen (secondary N) is 1. The quantitative estimate of drug-likeness (QED) is 0.599. The number of hydrogen-bond acceptors (Lipinski definition) is 3. The molecule has 1 N–H and O–H groups in total. The number of fused-ring (bicyclic) bond motifs is 1. The molecule has 3 aliphatic rings. The molecule has 160 valence electrons. The third kappa shape index (κ3) is 3.32. The smallest absolute Gasteiger partial charge is 0.273 e. The Morgan fingerprint density at radius 2 is 1.90 bits per heavy atom. The maximum Gasteiger partial charge on any atom is 0.416 e. The second-order valence-electron chi connectivity index (χ2n) is 8.74. The summed E-state index contributed by atoms with van der Waals surface area (Å²) in [7, 11) is 0. The van der Waals surface area contributed by atoms with Gasteiger partial charge in [-0.05, 0) is 55.2 Å². The molecule has 0 bridgehead atoms. The second kappa shape index (κ2) is 6.96. The molecule has 1 aliphatic heterocycles. The molecule has 0 aromatic heterocycles. The van der Waals surface area contributed by atoms with Crippen LogP contribution in [-0.2, 0) is 27.0 Å². The zero-order valence-corrected chi connectivity index (χ0v) is 16.7. The van der Waals surface area contributed by atoms with E-state index in [1.54, 1.807) is 13.8 Å². The molecule has 0 radical (unpaired) electrons. The van der Waals surface area contributed by atoms with Gasteiger partial charge in [0.05, 0.1) is 23.3 Å². The first kappa shape index (κ1) is 20.6. The molecule has 1 aromatic carbocycles. The van der Waals surface area contributed by atoms with Crippen LogP contribution in [0.25, 0.3) is 0 Å². The van der Waals surface area contributed by atoms with Crippen LogP contribution in [0, 0.1) is 29.1 Å². The second-order valence-corrected chi connectivity index (χ2v) is 8.74. The number of benzene rings is 1. The molecule has 1 saturated heterocycles. The van der Waals surface area contributed by atoms with E-state index in [4.69, 9.17) is 0 Å². The number of imide groups is 1. The van der Waals surface area contributed by atoms with Crippen molar-refractivity contribution in [2.75, 3.05) is 0 Å². The summed E-state index contributed by atoms with van der Waals surface area (Å²) in [5.41, 5.74) is 1.000. The number of rotatable bonds is 4. The van der Waals surface area contributed by atoms with Crippen molar-refractivity contribution in [3.8, 4) is 0 Å². The van der Waals surface area contributed by atoms with Crippen LogP contribution in [0.5, 0.6) is 0 Å². The Morgan fingerprint density at radius 3 is 2.53 bits per heavy atom. The Kier molecular flexibility index (Phi) is 4.78. The number of carbonyl (C=O) groups excluding carboxylic acids is 3. The fraction of sp³-hybridized carbons (Fsp3) is 0.500. The van der Waals surface area contributed by atoms with Gasteiger partial charge in [-0.3, -0.25) is 19.8 Å². The van der Waals surface area contributed by atoms with E-state index in [1.165, 1.54) is 12.1 Å². The van der Waals surface area contributed by atoms with E-state index in [-0.39, 0.29) is 12.3 Å². The number of carbonyl (C=O) groups is 3. The molecular formula is C22H23F3N2O3. The van der Waals surface area contributed by atoms with Crippen molar-refractivity contribution in [2.24, 2.45) is 29.1 Å². The third-order valence-corrected chi connectivity index (χ3v) is 6.95. The number of nitrogens with zero attached hydrogens (tertiary/aromatic N) is 1. The minimum absolute atomic E-state index is 0.0421. The van der Waals surface area contributed by atoms with Crippen molar-refractivity contribution in [3.63, 3.8) is 0 Å². The van der Waals surface area contributed by atoms with Gasteiger partial charge in [-0.15, -0.1) is 0 Å². The minimum Gasteiger partial charge on any atom is -0.273 e. The average Bonchev–Trinajstić information content (AvgIpc) is 3.46. The molecule has 5 atom stereocenters. The molecule has 1 aromatic rings. The predicted molar refractivity (Wildman–Crippen MR) is 101 cm³/mol. The van der Waals surface area contributed by atoms with Crippen LogP contribution in [0.15, 0.2) is 36.4 Å². The lowest BCUT2D eigenvalue weighted by atomic mass is 9.66. The van der Waals surface area contributed by atoms with E-state index in [2.05, 4.69) is 11.5 Å². The number of hydrazine groups is 1. The Hall–Kier alpha value is -2.64. The summed E-state index contributed by atoms with van der Waals surface area (Å²) < 4.78 is 38.0. The topological polar surface area (TPSA) is 66.5 Å². The number of hydrogen-bond donors (Lipinski definition) is 1. The summed E-state index contributed by atoms with van der Waals surface area (Å²) in [6.07, 6.45) is 1.45. The molecule has 1 heterocycles.